The lowest BCUT2D eigenvalue weighted by Crippen LogP contribution is -2.35. The Balaban J connectivity index is 2.26. The second-order valence-corrected chi connectivity index (χ2v) is 4.31. The third-order valence-electron chi connectivity index (χ3n) is 2.81. The molecular formula is C12H12FNO3. The van der Waals surface area contributed by atoms with Crippen LogP contribution in [0.4, 0.5) is 4.39 Å². The Bertz CT molecular complexity index is 512. The SMILES string of the molecule is Cc1cc(C2=NOC(C)(C(=O)O)C2)ccc1F. The van der Waals surface area contributed by atoms with Crippen molar-refractivity contribution >= 4 is 11.7 Å². The van der Waals surface area contributed by atoms with E-state index in [-0.39, 0.29) is 12.2 Å². The summed E-state index contributed by atoms with van der Waals surface area (Å²) in [6.07, 6.45) is 0.174. The normalized spacial score (nSPS) is 23.1. The number of carboxylic acid groups (broad SMARTS) is 1. The van der Waals surface area contributed by atoms with Gasteiger partial charge in [-0.15, -0.1) is 0 Å². The Kier molecular flexibility index (Phi) is 2.61. The van der Waals surface area contributed by atoms with Crippen LogP contribution in [0, 0.1) is 12.7 Å². The second kappa shape index (κ2) is 3.84. The number of aryl methyl sites for hydroxylation is 1. The molecule has 4 nitrogen and oxygen atoms in total. The minimum atomic E-state index is -1.32. The van der Waals surface area contributed by atoms with E-state index in [0.29, 0.717) is 16.8 Å². The average molecular weight is 237 g/mol. The Morgan fingerprint density at radius 1 is 1.59 bits per heavy atom. The van der Waals surface area contributed by atoms with Gasteiger partial charge in [0.1, 0.15) is 5.82 Å². The molecule has 0 bridgehead atoms. The van der Waals surface area contributed by atoms with Crippen molar-refractivity contribution in [2.45, 2.75) is 25.9 Å². The van der Waals surface area contributed by atoms with Crippen LogP contribution >= 0.6 is 0 Å². The van der Waals surface area contributed by atoms with Gasteiger partial charge in [0.2, 0.25) is 5.60 Å². The van der Waals surface area contributed by atoms with Crippen molar-refractivity contribution in [2.24, 2.45) is 5.16 Å². The van der Waals surface area contributed by atoms with Crippen LogP contribution in [0.5, 0.6) is 0 Å². The number of hydrogen-bond donors (Lipinski definition) is 1. The van der Waals surface area contributed by atoms with E-state index in [1.165, 1.54) is 13.0 Å². The molecule has 1 heterocycles. The first kappa shape index (κ1) is 11.6. The van der Waals surface area contributed by atoms with Gasteiger partial charge in [0, 0.05) is 6.42 Å². The number of nitrogens with zero attached hydrogens (tertiary/aromatic N) is 1. The van der Waals surface area contributed by atoms with Crippen LogP contribution < -0.4 is 0 Å². The molecule has 0 amide bonds. The van der Waals surface area contributed by atoms with Gasteiger partial charge in [-0.1, -0.05) is 11.2 Å². The van der Waals surface area contributed by atoms with Crippen molar-refractivity contribution in [1.29, 1.82) is 0 Å². The van der Waals surface area contributed by atoms with Crippen molar-refractivity contribution in [1.82, 2.24) is 0 Å². The zero-order valence-corrected chi connectivity index (χ0v) is 9.53. The summed E-state index contributed by atoms with van der Waals surface area (Å²) < 4.78 is 13.1. The van der Waals surface area contributed by atoms with E-state index in [1.54, 1.807) is 19.1 Å². The zero-order chi connectivity index (χ0) is 12.6. The third kappa shape index (κ3) is 2.00. The maximum atomic E-state index is 13.1. The summed E-state index contributed by atoms with van der Waals surface area (Å²) >= 11 is 0. The standard InChI is InChI=1S/C12H12FNO3/c1-7-5-8(3-4-9(7)13)10-6-12(2,11(15)16)17-14-10/h3-5H,6H2,1-2H3,(H,15,16). The van der Waals surface area contributed by atoms with E-state index < -0.39 is 11.6 Å². The number of carbonyl (C=O) groups is 1. The predicted molar refractivity (Wildman–Crippen MR) is 59.4 cm³/mol. The van der Waals surface area contributed by atoms with Gasteiger partial charge in [-0.05, 0) is 37.1 Å². The molecule has 0 spiro atoms. The van der Waals surface area contributed by atoms with E-state index >= 15 is 0 Å². The van der Waals surface area contributed by atoms with Crippen molar-refractivity contribution < 1.29 is 19.1 Å². The second-order valence-electron chi connectivity index (χ2n) is 4.31. The van der Waals surface area contributed by atoms with Gasteiger partial charge in [0.25, 0.3) is 0 Å². The Morgan fingerprint density at radius 3 is 2.82 bits per heavy atom. The number of carboxylic acids is 1. The Morgan fingerprint density at radius 2 is 2.29 bits per heavy atom. The van der Waals surface area contributed by atoms with Gasteiger partial charge in [0.05, 0.1) is 5.71 Å². The smallest absolute Gasteiger partial charge is 0.351 e. The Labute approximate surface area is 97.7 Å². The number of benzene rings is 1. The van der Waals surface area contributed by atoms with Gasteiger partial charge in [-0.3, -0.25) is 0 Å². The molecule has 1 atom stereocenters. The first-order chi connectivity index (χ1) is 7.92. The highest BCUT2D eigenvalue weighted by Crippen LogP contribution is 2.27. The first-order valence-electron chi connectivity index (χ1n) is 5.17. The zero-order valence-electron chi connectivity index (χ0n) is 9.53. The van der Waals surface area contributed by atoms with Gasteiger partial charge < -0.3 is 9.94 Å². The van der Waals surface area contributed by atoms with E-state index in [0.717, 1.165) is 0 Å². The summed E-state index contributed by atoms with van der Waals surface area (Å²) in [6.45, 7) is 3.10. The van der Waals surface area contributed by atoms with Crippen LogP contribution in [0.25, 0.3) is 0 Å². The fourth-order valence-corrected chi connectivity index (χ4v) is 1.63. The van der Waals surface area contributed by atoms with Gasteiger partial charge >= 0.3 is 5.97 Å². The lowest BCUT2D eigenvalue weighted by molar-refractivity contribution is -0.160. The topological polar surface area (TPSA) is 58.9 Å². The van der Waals surface area contributed by atoms with E-state index in [1.807, 2.05) is 0 Å². The van der Waals surface area contributed by atoms with Crippen LogP contribution in [0.1, 0.15) is 24.5 Å². The van der Waals surface area contributed by atoms with E-state index in [9.17, 15) is 9.18 Å². The fraction of sp³-hybridized carbons (Fsp3) is 0.333. The highest BCUT2D eigenvalue weighted by molar-refractivity contribution is 6.04. The van der Waals surface area contributed by atoms with Gasteiger partial charge in [-0.2, -0.15) is 0 Å². The maximum Gasteiger partial charge on any atom is 0.351 e. The number of oxime groups is 1. The number of aliphatic carboxylic acids is 1. The average Bonchev–Trinajstić information content (AvgIpc) is 2.67. The van der Waals surface area contributed by atoms with Crippen molar-refractivity contribution in [2.75, 3.05) is 0 Å². The third-order valence-corrected chi connectivity index (χ3v) is 2.81. The molecule has 17 heavy (non-hydrogen) atoms. The van der Waals surface area contributed by atoms with E-state index in [2.05, 4.69) is 5.16 Å². The summed E-state index contributed by atoms with van der Waals surface area (Å²) in [7, 11) is 0. The molecule has 0 aromatic heterocycles. The summed E-state index contributed by atoms with van der Waals surface area (Å²) in [6, 6.07) is 4.53. The predicted octanol–water partition coefficient (Wildman–Crippen LogP) is 2.10. The molecule has 0 saturated heterocycles. The van der Waals surface area contributed by atoms with Crippen molar-refractivity contribution in [3.8, 4) is 0 Å². The lowest BCUT2D eigenvalue weighted by Gasteiger charge is -2.14. The van der Waals surface area contributed by atoms with Crippen LogP contribution in [0.15, 0.2) is 23.4 Å². The first-order valence-corrected chi connectivity index (χ1v) is 5.17. The lowest BCUT2D eigenvalue weighted by atomic mass is 9.95. The molecule has 1 aliphatic heterocycles. The van der Waals surface area contributed by atoms with Gasteiger partial charge in [0.15, 0.2) is 0 Å². The fourth-order valence-electron chi connectivity index (χ4n) is 1.63. The molecule has 1 aromatic rings. The number of halogens is 1. The largest absolute Gasteiger partial charge is 0.478 e. The molecule has 0 saturated carbocycles. The molecule has 1 aliphatic rings. The monoisotopic (exact) mass is 237 g/mol. The molecule has 90 valence electrons. The molecule has 0 aliphatic carbocycles. The summed E-state index contributed by atoms with van der Waals surface area (Å²) in [4.78, 5) is 15.9. The molecule has 5 heteroatoms. The summed E-state index contributed by atoms with van der Waals surface area (Å²) in [5.41, 5.74) is 0.387. The molecule has 2 rings (SSSR count). The van der Waals surface area contributed by atoms with Crippen LogP contribution in [-0.4, -0.2) is 22.4 Å². The quantitative estimate of drug-likeness (QED) is 0.856. The highest BCUT2D eigenvalue weighted by atomic mass is 19.1. The molecule has 0 radical (unpaired) electrons. The maximum absolute atomic E-state index is 13.1. The van der Waals surface area contributed by atoms with Crippen LogP contribution in [0.3, 0.4) is 0 Å². The highest BCUT2D eigenvalue weighted by Gasteiger charge is 2.42. The molecule has 0 fully saturated rings. The number of rotatable bonds is 2. The molecule has 1 unspecified atom stereocenters. The number of hydrogen-bond acceptors (Lipinski definition) is 3. The van der Waals surface area contributed by atoms with Gasteiger partial charge in [-0.25, -0.2) is 9.18 Å². The van der Waals surface area contributed by atoms with Crippen LogP contribution in [0.2, 0.25) is 0 Å². The summed E-state index contributed by atoms with van der Waals surface area (Å²) in [5, 5.41) is 12.7. The summed E-state index contributed by atoms with van der Waals surface area (Å²) in [5.74, 6) is -1.36. The Hall–Kier alpha value is -1.91. The molecule has 1 N–H and O–H groups in total. The minimum Gasteiger partial charge on any atom is -0.478 e. The molecule has 1 aromatic carbocycles. The van der Waals surface area contributed by atoms with Crippen molar-refractivity contribution in [3.63, 3.8) is 0 Å². The van der Waals surface area contributed by atoms with E-state index in [4.69, 9.17) is 9.94 Å². The minimum absolute atomic E-state index is 0.174. The van der Waals surface area contributed by atoms with Crippen LogP contribution in [-0.2, 0) is 9.63 Å². The molecular weight excluding hydrogens is 225 g/mol. The van der Waals surface area contributed by atoms with Crippen molar-refractivity contribution in [3.05, 3.63) is 35.1 Å².